The summed E-state index contributed by atoms with van der Waals surface area (Å²) in [7, 11) is 1.96. The summed E-state index contributed by atoms with van der Waals surface area (Å²) in [5, 5.41) is 8.92. The first kappa shape index (κ1) is 12.7. The molecule has 0 amide bonds. The number of nitrogens with zero attached hydrogens (tertiary/aromatic N) is 2. The Morgan fingerprint density at radius 1 is 1.31 bits per heavy atom. The van der Waals surface area contributed by atoms with Crippen LogP contribution in [-0.4, -0.2) is 18.5 Å². The fourth-order valence-corrected chi connectivity index (χ4v) is 1.67. The maximum absolute atomic E-state index is 12.7. The van der Waals surface area contributed by atoms with E-state index in [2.05, 4.69) is 11.0 Å². The first-order valence-electron chi connectivity index (χ1n) is 5.27. The summed E-state index contributed by atoms with van der Waals surface area (Å²) in [6, 6.07) is 8.72. The van der Waals surface area contributed by atoms with Crippen LogP contribution in [0.15, 0.2) is 24.3 Å². The van der Waals surface area contributed by atoms with Crippen molar-refractivity contribution in [2.45, 2.75) is 20.4 Å². The monoisotopic (exact) mass is 220 g/mol. The summed E-state index contributed by atoms with van der Waals surface area (Å²) in [4.78, 5) is 2.07. The molecule has 1 aromatic carbocycles. The van der Waals surface area contributed by atoms with Crippen LogP contribution in [0, 0.1) is 22.6 Å². The van der Waals surface area contributed by atoms with Crippen LogP contribution in [0.2, 0.25) is 0 Å². The van der Waals surface area contributed by atoms with E-state index in [0.29, 0.717) is 6.54 Å². The van der Waals surface area contributed by atoms with Crippen LogP contribution in [0.25, 0.3) is 0 Å². The Hall–Kier alpha value is -1.40. The van der Waals surface area contributed by atoms with Gasteiger partial charge in [-0.3, -0.25) is 0 Å². The van der Waals surface area contributed by atoms with Gasteiger partial charge in [0.05, 0.1) is 11.5 Å². The Labute approximate surface area is 96.3 Å². The SMILES string of the molecule is CN(Cc1ccc(F)cc1)CC(C)(C)C#N. The summed E-state index contributed by atoms with van der Waals surface area (Å²) in [6.45, 7) is 5.24. The maximum Gasteiger partial charge on any atom is 0.123 e. The van der Waals surface area contributed by atoms with E-state index in [1.165, 1.54) is 12.1 Å². The second-order valence-electron chi connectivity index (χ2n) is 4.79. The quantitative estimate of drug-likeness (QED) is 0.780. The molecule has 0 atom stereocenters. The molecular weight excluding hydrogens is 203 g/mol. The minimum atomic E-state index is -0.352. The molecule has 0 radical (unpaired) electrons. The average molecular weight is 220 g/mol. The molecule has 0 heterocycles. The Kier molecular flexibility index (Phi) is 4.03. The largest absolute Gasteiger partial charge is 0.301 e. The summed E-state index contributed by atoms with van der Waals surface area (Å²) in [5.41, 5.74) is 0.701. The van der Waals surface area contributed by atoms with Gasteiger partial charge in [0, 0.05) is 13.1 Å². The van der Waals surface area contributed by atoms with Crippen molar-refractivity contribution in [2.24, 2.45) is 5.41 Å². The number of benzene rings is 1. The van der Waals surface area contributed by atoms with Gasteiger partial charge in [0.2, 0.25) is 0 Å². The van der Waals surface area contributed by atoms with Gasteiger partial charge in [-0.1, -0.05) is 12.1 Å². The molecule has 0 fully saturated rings. The Morgan fingerprint density at radius 2 is 1.88 bits per heavy atom. The number of nitriles is 1. The second kappa shape index (κ2) is 5.09. The van der Waals surface area contributed by atoms with Crippen LogP contribution < -0.4 is 0 Å². The zero-order valence-corrected chi connectivity index (χ0v) is 10.00. The zero-order valence-electron chi connectivity index (χ0n) is 10.00. The highest BCUT2D eigenvalue weighted by Crippen LogP contribution is 2.16. The van der Waals surface area contributed by atoms with Crippen molar-refractivity contribution in [3.05, 3.63) is 35.6 Å². The summed E-state index contributed by atoms with van der Waals surface area (Å²) in [5.74, 6) is -0.219. The van der Waals surface area contributed by atoms with Crippen LogP contribution in [0.5, 0.6) is 0 Å². The number of hydrogen-bond acceptors (Lipinski definition) is 2. The van der Waals surface area contributed by atoms with Crippen molar-refractivity contribution in [3.63, 3.8) is 0 Å². The number of rotatable bonds is 4. The fourth-order valence-electron chi connectivity index (χ4n) is 1.67. The lowest BCUT2D eigenvalue weighted by molar-refractivity contribution is 0.248. The molecule has 0 N–H and O–H groups in total. The standard InChI is InChI=1S/C13H17FN2/c1-13(2,9-15)10-16(3)8-11-4-6-12(14)7-5-11/h4-7H,8,10H2,1-3H3. The third-order valence-electron chi connectivity index (χ3n) is 2.33. The normalized spacial score (nSPS) is 11.5. The van der Waals surface area contributed by atoms with Gasteiger partial charge in [-0.05, 0) is 38.6 Å². The highest BCUT2D eigenvalue weighted by molar-refractivity contribution is 5.15. The van der Waals surface area contributed by atoms with Crippen molar-refractivity contribution < 1.29 is 4.39 Å². The van der Waals surface area contributed by atoms with Crippen molar-refractivity contribution in [3.8, 4) is 6.07 Å². The summed E-state index contributed by atoms with van der Waals surface area (Å²) < 4.78 is 12.7. The Balaban J connectivity index is 2.55. The molecule has 1 rings (SSSR count). The smallest absolute Gasteiger partial charge is 0.123 e. The van der Waals surface area contributed by atoms with Crippen LogP contribution in [0.4, 0.5) is 4.39 Å². The molecule has 3 heteroatoms. The number of hydrogen-bond donors (Lipinski definition) is 0. The maximum atomic E-state index is 12.7. The molecular formula is C13H17FN2. The molecule has 1 aromatic rings. The molecule has 2 nitrogen and oxygen atoms in total. The summed E-state index contributed by atoms with van der Waals surface area (Å²) in [6.07, 6.45) is 0. The predicted molar refractivity (Wildman–Crippen MR) is 62.1 cm³/mol. The van der Waals surface area contributed by atoms with Gasteiger partial charge in [0.25, 0.3) is 0 Å². The lowest BCUT2D eigenvalue weighted by atomic mass is 9.95. The van der Waals surface area contributed by atoms with E-state index in [4.69, 9.17) is 5.26 Å². The van der Waals surface area contributed by atoms with E-state index in [9.17, 15) is 4.39 Å². The molecule has 0 aliphatic rings. The van der Waals surface area contributed by atoms with Crippen molar-refractivity contribution in [2.75, 3.05) is 13.6 Å². The van der Waals surface area contributed by atoms with E-state index in [-0.39, 0.29) is 11.2 Å². The summed E-state index contributed by atoms with van der Waals surface area (Å²) >= 11 is 0. The molecule has 0 bridgehead atoms. The van der Waals surface area contributed by atoms with E-state index in [0.717, 1.165) is 12.1 Å². The molecule has 0 aromatic heterocycles. The highest BCUT2D eigenvalue weighted by Gasteiger charge is 2.18. The van der Waals surface area contributed by atoms with Crippen LogP contribution in [-0.2, 0) is 6.54 Å². The van der Waals surface area contributed by atoms with Gasteiger partial charge in [-0.15, -0.1) is 0 Å². The molecule has 0 saturated heterocycles. The van der Waals surface area contributed by atoms with Crippen LogP contribution in [0.3, 0.4) is 0 Å². The second-order valence-corrected chi connectivity index (χ2v) is 4.79. The molecule has 0 unspecified atom stereocenters. The van der Waals surface area contributed by atoms with E-state index in [1.807, 2.05) is 20.9 Å². The first-order valence-corrected chi connectivity index (χ1v) is 5.27. The third-order valence-corrected chi connectivity index (χ3v) is 2.33. The lowest BCUT2D eigenvalue weighted by Crippen LogP contribution is -2.29. The molecule has 16 heavy (non-hydrogen) atoms. The first-order chi connectivity index (χ1) is 7.43. The van der Waals surface area contributed by atoms with E-state index < -0.39 is 0 Å². The molecule has 0 aliphatic heterocycles. The predicted octanol–water partition coefficient (Wildman–Crippen LogP) is 2.81. The molecule has 0 aliphatic carbocycles. The van der Waals surface area contributed by atoms with Crippen molar-refractivity contribution in [1.29, 1.82) is 5.26 Å². The van der Waals surface area contributed by atoms with Crippen LogP contribution >= 0.6 is 0 Å². The van der Waals surface area contributed by atoms with Gasteiger partial charge in [-0.25, -0.2) is 4.39 Å². The molecule has 86 valence electrons. The molecule has 0 spiro atoms. The highest BCUT2D eigenvalue weighted by atomic mass is 19.1. The average Bonchev–Trinajstić information content (AvgIpc) is 2.21. The van der Waals surface area contributed by atoms with Gasteiger partial charge in [0.15, 0.2) is 0 Å². The Bertz CT molecular complexity index is 376. The van der Waals surface area contributed by atoms with Crippen LogP contribution in [0.1, 0.15) is 19.4 Å². The van der Waals surface area contributed by atoms with Crippen molar-refractivity contribution in [1.82, 2.24) is 4.90 Å². The fraction of sp³-hybridized carbons (Fsp3) is 0.462. The van der Waals surface area contributed by atoms with E-state index >= 15 is 0 Å². The van der Waals surface area contributed by atoms with Gasteiger partial charge < -0.3 is 4.90 Å². The third kappa shape index (κ3) is 4.00. The van der Waals surface area contributed by atoms with E-state index in [1.54, 1.807) is 12.1 Å². The van der Waals surface area contributed by atoms with Gasteiger partial charge in [0.1, 0.15) is 5.82 Å². The topological polar surface area (TPSA) is 27.0 Å². The van der Waals surface area contributed by atoms with Crippen molar-refractivity contribution >= 4 is 0 Å². The minimum absolute atomic E-state index is 0.219. The zero-order chi connectivity index (χ0) is 12.2. The van der Waals surface area contributed by atoms with Gasteiger partial charge in [-0.2, -0.15) is 5.26 Å². The molecule has 0 saturated carbocycles. The minimum Gasteiger partial charge on any atom is -0.301 e. The Morgan fingerprint density at radius 3 is 2.38 bits per heavy atom. The van der Waals surface area contributed by atoms with Gasteiger partial charge >= 0.3 is 0 Å². The lowest BCUT2D eigenvalue weighted by Gasteiger charge is -2.24. The number of halogens is 1.